The first kappa shape index (κ1) is 13.6. The van der Waals surface area contributed by atoms with Gasteiger partial charge in [0.1, 0.15) is 0 Å². The molecule has 1 amide bonds. The van der Waals surface area contributed by atoms with Crippen molar-refractivity contribution in [3.05, 3.63) is 30.1 Å². The predicted octanol–water partition coefficient (Wildman–Crippen LogP) is 1.63. The predicted molar refractivity (Wildman–Crippen MR) is 68.2 cm³/mol. The number of aromatic nitrogens is 1. The second-order valence-electron chi connectivity index (χ2n) is 4.29. The summed E-state index contributed by atoms with van der Waals surface area (Å²) >= 11 is 0. The number of nitrogens with one attached hydrogen (secondary N) is 1. The second-order valence-corrected chi connectivity index (χ2v) is 4.29. The summed E-state index contributed by atoms with van der Waals surface area (Å²) in [6.45, 7) is 4.57. The highest BCUT2D eigenvalue weighted by atomic mass is 16.1. The fourth-order valence-corrected chi connectivity index (χ4v) is 1.67. The number of carbonyl (C=O) groups is 1. The van der Waals surface area contributed by atoms with E-state index in [9.17, 15) is 4.79 Å². The lowest BCUT2D eigenvalue weighted by atomic mass is 10.0. The normalized spacial score (nSPS) is 14.1. The van der Waals surface area contributed by atoms with Crippen LogP contribution in [0.25, 0.3) is 0 Å². The minimum absolute atomic E-state index is 0.00789. The quantitative estimate of drug-likeness (QED) is 0.787. The summed E-state index contributed by atoms with van der Waals surface area (Å²) in [7, 11) is 0. The first-order valence-electron chi connectivity index (χ1n) is 6.06. The molecule has 0 saturated heterocycles. The molecule has 1 aromatic heterocycles. The highest BCUT2D eigenvalue weighted by Gasteiger charge is 2.13. The van der Waals surface area contributed by atoms with Crippen LogP contribution in [0.1, 0.15) is 38.3 Å². The van der Waals surface area contributed by atoms with E-state index in [0.29, 0.717) is 13.0 Å². The van der Waals surface area contributed by atoms with Gasteiger partial charge in [-0.3, -0.25) is 9.78 Å². The summed E-state index contributed by atoms with van der Waals surface area (Å²) in [5.74, 6) is 0.328. The maximum absolute atomic E-state index is 11.8. The molecule has 4 nitrogen and oxygen atoms in total. The number of amides is 1. The van der Waals surface area contributed by atoms with Gasteiger partial charge < -0.3 is 11.1 Å². The van der Waals surface area contributed by atoms with Gasteiger partial charge in [0.15, 0.2) is 0 Å². The Bertz CT molecular complexity index is 336. The first-order valence-corrected chi connectivity index (χ1v) is 6.06. The topological polar surface area (TPSA) is 68.0 Å². The lowest BCUT2D eigenvalue weighted by Gasteiger charge is -2.16. The monoisotopic (exact) mass is 235 g/mol. The van der Waals surface area contributed by atoms with Crippen LogP contribution in [0.4, 0.5) is 0 Å². The summed E-state index contributed by atoms with van der Waals surface area (Å²) in [5, 5.41) is 2.96. The van der Waals surface area contributed by atoms with Crippen molar-refractivity contribution >= 4 is 5.91 Å². The van der Waals surface area contributed by atoms with E-state index < -0.39 is 0 Å². The summed E-state index contributed by atoms with van der Waals surface area (Å²) in [6, 6.07) is 3.82. The second kappa shape index (κ2) is 7.01. The fraction of sp³-hybridized carbons (Fsp3) is 0.538. The van der Waals surface area contributed by atoms with Gasteiger partial charge in [0.25, 0.3) is 0 Å². The molecule has 17 heavy (non-hydrogen) atoms. The van der Waals surface area contributed by atoms with Gasteiger partial charge in [-0.15, -0.1) is 0 Å². The maximum Gasteiger partial charge on any atom is 0.220 e. The average Bonchev–Trinajstić information content (AvgIpc) is 2.37. The molecule has 2 atom stereocenters. The Morgan fingerprint density at radius 1 is 1.59 bits per heavy atom. The zero-order valence-corrected chi connectivity index (χ0v) is 10.5. The van der Waals surface area contributed by atoms with Crippen LogP contribution >= 0.6 is 0 Å². The van der Waals surface area contributed by atoms with Crippen LogP contribution in [-0.2, 0) is 4.79 Å². The number of nitrogens with two attached hydrogens (primary N) is 1. The molecular weight excluding hydrogens is 214 g/mol. The van der Waals surface area contributed by atoms with Gasteiger partial charge in [0.05, 0.1) is 6.04 Å². The van der Waals surface area contributed by atoms with Crippen LogP contribution < -0.4 is 11.1 Å². The van der Waals surface area contributed by atoms with Crippen LogP contribution in [0.2, 0.25) is 0 Å². The summed E-state index contributed by atoms with van der Waals surface area (Å²) in [4.78, 5) is 15.8. The van der Waals surface area contributed by atoms with Crippen molar-refractivity contribution < 1.29 is 4.79 Å². The van der Waals surface area contributed by atoms with Crippen molar-refractivity contribution in [1.82, 2.24) is 10.3 Å². The molecule has 4 heteroatoms. The van der Waals surface area contributed by atoms with Crippen molar-refractivity contribution in [2.24, 2.45) is 11.7 Å². The number of carbonyl (C=O) groups excluding carboxylic acids is 1. The maximum atomic E-state index is 11.8. The minimum atomic E-state index is -0.00789. The Labute approximate surface area is 103 Å². The molecule has 3 N–H and O–H groups in total. The van der Waals surface area contributed by atoms with Gasteiger partial charge >= 0.3 is 0 Å². The minimum Gasteiger partial charge on any atom is -0.350 e. The molecule has 1 aromatic rings. The van der Waals surface area contributed by atoms with Gasteiger partial charge in [0.2, 0.25) is 5.91 Å². The van der Waals surface area contributed by atoms with Crippen molar-refractivity contribution in [1.29, 1.82) is 0 Å². The largest absolute Gasteiger partial charge is 0.350 e. The van der Waals surface area contributed by atoms with E-state index in [0.717, 1.165) is 12.0 Å². The third kappa shape index (κ3) is 4.53. The van der Waals surface area contributed by atoms with E-state index in [1.807, 2.05) is 19.1 Å². The van der Waals surface area contributed by atoms with E-state index in [-0.39, 0.29) is 17.9 Å². The van der Waals surface area contributed by atoms with E-state index in [1.165, 1.54) is 0 Å². The number of hydrogen-bond donors (Lipinski definition) is 2. The molecular formula is C13H21N3O. The van der Waals surface area contributed by atoms with Crippen LogP contribution in [0.3, 0.4) is 0 Å². The van der Waals surface area contributed by atoms with Crippen LogP contribution in [0.15, 0.2) is 24.5 Å². The standard InChI is InChI=1S/C13H21N3O/c1-3-11(8-14)7-13(17)16-10(2)12-5-4-6-15-9-12/h4-6,9-11H,3,7-8,14H2,1-2H3,(H,16,17). The molecule has 1 heterocycles. The lowest BCUT2D eigenvalue weighted by Crippen LogP contribution is -2.30. The summed E-state index contributed by atoms with van der Waals surface area (Å²) < 4.78 is 0. The van der Waals surface area contributed by atoms with E-state index in [2.05, 4.69) is 17.2 Å². The molecule has 0 saturated carbocycles. The third-order valence-electron chi connectivity index (χ3n) is 2.95. The molecule has 0 aromatic carbocycles. The van der Waals surface area contributed by atoms with Gasteiger partial charge in [-0.2, -0.15) is 0 Å². The Kier molecular flexibility index (Phi) is 5.63. The number of nitrogens with zero attached hydrogens (tertiary/aromatic N) is 1. The summed E-state index contributed by atoms with van der Waals surface area (Å²) in [5.41, 5.74) is 6.60. The molecule has 0 bridgehead atoms. The molecule has 2 unspecified atom stereocenters. The van der Waals surface area contributed by atoms with Crippen molar-refractivity contribution in [2.45, 2.75) is 32.7 Å². The SMILES string of the molecule is CCC(CN)CC(=O)NC(C)c1cccnc1. The average molecular weight is 235 g/mol. The highest BCUT2D eigenvalue weighted by Crippen LogP contribution is 2.12. The van der Waals surface area contributed by atoms with Crippen LogP contribution in [-0.4, -0.2) is 17.4 Å². The Morgan fingerprint density at radius 2 is 2.35 bits per heavy atom. The zero-order chi connectivity index (χ0) is 12.7. The molecule has 94 valence electrons. The molecule has 0 aliphatic rings. The third-order valence-corrected chi connectivity index (χ3v) is 2.95. The molecule has 1 rings (SSSR count). The van der Waals surface area contributed by atoms with Gasteiger partial charge in [-0.05, 0) is 31.0 Å². The van der Waals surface area contributed by atoms with Crippen molar-refractivity contribution in [3.63, 3.8) is 0 Å². The van der Waals surface area contributed by atoms with Gasteiger partial charge in [0, 0.05) is 18.8 Å². The number of rotatable bonds is 6. The Morgan fingerprint density at radius 3 is 2.88 bits per heavy atom. The molecule has 0 radical (unpaired) electrons. The lowest BCUT2D eigenvalue weighted by molar-refractivity contribution is -0.122. The molecule has 0 spiro atoms. The van der Waals surface area contributed by atoms with Crippen molar-refractivity contribution in [3.8, 4) is 0 Å². The fourth-order valence-electron chi connectivity index (χ4n) is 1.67. The van der Waals surface area contributed by atoms with E-state index in [1.54, 1.807) is 12.4 Å². The summed E-state index contributed by atoms with van der Waals surface area (Å²) in [6.07, 6.45) is 4.92. The van der Waals surface area contributed by atoms with E-state index >= 15 is 0 Å². The van der Waals surface area contributed by atoms with Crippen LogP contribution in [0.5, 0.6) is 0 Å². The smallest absolute Gasteiger partial charge is 0.220 e. The van der Waals surface area contributed by atoms with E-state index in [4.69, 9.17) is 5.73 Å². The number of pyridine rings is 1. The van der Waals surface area contributed by atoms with Crippen molar-refractivity contribution in [2.75, 3.05) is 6.54 Å². The molecule has 0 aliphatic carbocycles. The molecule has 0 aliphatic heterocycles. The zero-order valence-electron chi connectivity index (χ0n) is 10.5. The first-order chi connectivity index (χ1) is 8.17. The Hall–Kier alpha value is -1.42. The molecule has 0 fully saturated rings. The van der Waals surface area contributed by atoms with Crippen LogP contribution in [0, 0.1) is 5.92 Å². The Balaban J connectivity index is 2.46. The van der Waals surface area contributed by atoms with Gasteiger partial charge in [-0.25, -0.2) is 0 Å². The van der Waals surface area contributed by atoms with Gasteiger partial charge in [-0.1, -0.05) is 19.4 Å². The number of hydrogen-bond acceptors (Lipinski definition) is 3. The highest BCUT2D eigenvalue weighted by molar-refractivity contribution is 5.76.